The Morgan fingerprint density at radius 2 is 2.11 bits per heavy atom. The summed E-state index contributed by atoms with van der Waals surface area (Å²) in [5, 5.41) is 9.56. The number of ether oxygens (including phenoxy) is 1. The van der Waals surface area contributed by atoms with Gasteiger partial charge >= 0.3 is 0 Å². The number of anilines is 1. The summed E-state index contributed by atoms with van der Waals surface area (Å²) in [5.41, 5.74) is 1.92. The molecule has 1 aliphatic carbocycles. The topological polar surface area (TPSA) is 74.8 Å². The van der Waals surface area contributed by atoms with Gasteiger partial charge in [0.1, 0.15) is 0 Å². The van der Waals surface area contributed by atoms with Crippen molar-refractivity contribution in [2.45, 2.75) is 46.1 Å². The van der Waals surface area contributed by atoms with Gasteiger partial charge in [0, 0.05) is 45.5 Å². The van der Waals surface area contributed by atoms with E-state index in [1.54, 1.807) is 7.05 Å². The van der Waals surface area contributed by atoms with E-state index in [0.717, 1.165) is 49.3 Å². The van der Waals surface area contributed by atoms with Gasteiger partial charge in [-0.2, -0.15) is 0 Å². The van der Waals surface area contributed by atoms with Crippen molar-refractivity contribution in [1.82, 2.24) is 10.6 Å². The molecule has 1 aromatic rings. The van der Waals surface area contributed by atoms with E-state index >= 15 is 0 Å². The molecule has 0 atom stereocenters. The predicted molar refractivity (Wildman–Crippen MR) is 111 cm³/mol. The van der Waals surface area contributed by atoms with E-state index < -0.39 is 0 Å². The number of carbonyl (C=O) groups excluding carboxylic acids is 1. The van der Waals surface area contributed by atoms with Crippen LogP contribution < -0.4 is 16.0 Å². The van der Waals surface area contributed by atoms with E-state index in [9.17, 15) is 4.79 Å². The summed E-state index contributed by atoms with van der Waals surface area (Å²) in [7, 11) is 1.77. The summed E-state index contributed by atoms with van der Waals surface area (Å²) in [4.78, 5) is 16.2. The second-order valence-electron chi connectivity index (χ2n) is 7.57. The smallest absolute Gasteiger partial charge is 0.224 e. The van der Waals surface area contributed by atoms with Crippen molar-refractivity contribution in [2.75, 3.05) is 32.1 Å². The van der Waals surface area contributed by atoms with Crippen LogP contribution >= 0.6 is 0 Å². The minimum Gasteiger partial charge on any atom is -0.381 e. The van der Waals surface area contributed by atoms with E-state index in [0.29, 0.717) is 18.9 Å². The summed E-state index contributed by atoms with van der Waals surface area (Å²) in [5.74, 6) is 1.99. The fourth-order valence-electron chi connectivity index (χ4n) is 2.66. The Labute approximate surface area is 163 Å². The quantitative estimate of drug-likeness (QED) is 0.316. The van der Waals surface area contributed by atoms with Crippen LogP contribution in [0.25, 0.3) is 0 Å². The molecule has 0 aromatic heterocycles. The van der Waals surface area contributed by atoms with Gasteiger partial charge in [-0.15, -0.1) is 0 Å². The first kappa shape index (κ1) is 21.2. The Kier molecular flexibility index (Phi) is 9.11. The van der Waals surface area contributed by atoms with Crippen LogP contribution in [0.3, 0.4) is 0 Å². The van der Waals surface area contributed by atoms with Crippen LogP contribution in [0.15, 0.2) is 29.3 Å². The van der Waals surface area contributed by atoms with E-state index in [4.69, 9.17) is 4.74 Å². The number of amides is 1. The predicted octanol–water partition coefficient (Wildman–Crippen LogP) is 3.15. The zero-order valence-electron chi connectivity index (χ0n) is 16.9. The first-order valence-corrected chi connectivity index (χ1v) is 9.98. The third-order valence-corrected chi connectivity index (χ3v) is 4.30. The molecular formula is C21H34N4O2. The Morgan fingerprint density at radius 1 is 1.30 bits per heavy atom. The van der Waals surface area contributed by atoms with Crippen molar-refractivity contribution >= 4 is 17.6 Å². The summed E-state index contributed by atoms with van der Waals surface area (Å²) >= 11 is 0. The molecule has 2 rings (SSSR count). The monoisotopic (exact) mass is 374 g/mol. The lowest BCUT2D eigenvalue weighted by Crippen LogP contribution is -2.37. The van der Waals surface area contributed by atoms with E-state index in [1.165, 1.54) is 12.8 Å². The normalized spacial score (nSPS) is 14.3. The number of guanidine groups is 1. The molecule has 1 aliphatic rings. The zero-order valence-corrected chi connectivity index (χ0v) is 16.9. The van der Waals surface area contributed by atoms with Crippen molar-refractivity contribution in [3.63, 3.8) is 0 Å². The molecule has 0 radical (unpaired) electrons. The molecule has 0 aliphatic heterocycles. The van der Waals surface area contributed by atoms with Crippen LogP contribution in [-0.4, -0.2) is 38.7 Å². The third kappa shape index (κ3) is 9.43. The first-order chi connectivity index (χ1) is 13.1. The molecule has 27 heavy (non-hydrogen) atoms. The molecule has 0 saturated heterocycles. The summed E-state index contributed by atoms with van der Waals surface area (Å²) in [6.45, 7) is 7.26. The van der Waals surface area contributed by atoms with Crippen LogP contribution in [0.1, 0.15) is 45.1 Å². The van der Waals surface area contributed by atoms with E-state index in [2.05, 4.69) is 20.9 Å². The number of hydrogen-bond donors (Lipinski definition) is 3. The van der Waals surface area contributed by atoms with Gasteiger partial charge in [0.2, 0.25) is 5.91 Å². The van der Waals surface area contributed by atoms with Crippen LogP contribution in [-0.2, 0) is 16.1 Å². The van der Waals surface area contributed by atoms with Crippen molar-refractivity contribution in [3.05, 3.63) is 29.8 Å². The number of benzene rings is 1. The highest BCUT2D eigenvalue weighted by Crippen LogP contribution is 2.28. The average molecular weight is 375 g/mol. The number of nitrogens with one attached hydrogen (secondary N) is 3. The molecule has 1 amide bonds. The lowest BCUT2D eigenvalue weighted by Gasteiger charge is -2.13. The van der Waals surface area contributed by atoms with Gasteiger partial charge in [0.15, 0.2) is 5.96 Å². The number of aliphatic imine (C=N–C) groups is 1. The Morgan fingerprint density at radius 3 is 2.81 bits per heavy atom. The lowest BCUT2D eigenvalue weighted by molar-refractivity contribution is -0.116. The minimum atomic E-state index is 0.0523. The molecule has 1 fully saturated rings. The second-order valence-corrected chi connectivity index (χ2v) is 7.57. The minimum absolute atomic E-state index is 0.0523. The number of hydrogen-bond acceptors (Lipinski definition) is 3. The Bertz CT molecular complexity index is 612. The molecule has 6 heteroatoms. The highest BCUT2D eigenvalue weighted by molar-refractivity contribution is 5.90. The fourth-order valence-corrected chi connectivity index (χ4v) is 2.66. The molecule has 0 unspecified atom stereocenters. The molecular weight excluding hydrogens is 340 g/mol. The maximum Gasteiger partial charge on any atom is 0.224 e. The van der Waals surface area contributed by atoms with Gasteiger partial charge in [-0.25, -0.2) is 0 Å². The van der Waals surface area contributed by atoms with E-state index in [-0.39, 0.29) is 5.91 Å². The van der Waals surface area contributed by atoms with E-state index in [1.807, 2.05) is 38.1 Å². The summed E-state index contributed by atoms with van der Waals surface area (Å²) in [6.07, 6.45) is 4.16. The van der Waals surface area contributed by atoms with Gasteiger partial charge in [0.25, 0.3) is 0 Å². The fraction of sp³-hybridized carbons (Fsp3) is 0.619. The van der Waals surface area contributed by atoms with Gasteiger partial charge in [-0.05, 0) is 48.8 Å². The van der Waals surface area contributed by atoms with Gasteiger partial charge < -0.3 is 20.7 Å². The maximum atomic E-state index is 11.9. The van der Waals surface area contributed by atoms with Gasteiger partial charge in [-0.3, -0.25) is 9.79 Å². The highest BCUT2D eigenvalue weighted by atomic mass is 16.5. The molecule has 0 bridgehead atoms. The maximum absolute atomic E-state index is 11.9. The van der Waals surface area contributed by atoms with Crippen LogP contribution in [0, 0.1) is 11.8 Å². The molecule has 0 heterocycles. The standard InChI is InChI=1S/C21H34N4O2/c1-16(2)12-20(26)25-19-7-4-6-18(13-19)14-24-21(22-3)23-10-5-11-27-15-17-8-9-17/h4,6-7,13,16-17H,5,8-12,14-15H2,1-3H3,(H,25,26)(H2,22,23,24). The van der Waals surface area contributed by atoms with Crippen molar-refractivity contribution in [2.24, 2.45) is 16.8 Å². The average Bonchev–Trinajstić information content (AvgIpc) is 3.44. The van der Waals surface area contributed by atoms with Crippen molar-refractivity contribution < 1.29 is 9.53 Å². The summed E-state index contributed by atoms with van der Waals surface area (Å²) < 4.78 is 5.64. The molecule has 6 nitrogen and oxygen atoms in total. The lowest BCUT2D eigenvalue weighted by atomic mass is 10.1. The molecule has 1 aromatic carbocycles. The van der Waals surface area contributed by atoms with Crippen molar-refractivity contribution in [1.29, 1.82) is 0 Å². The first-order valence-electron chi connectivity index (χ1n) is 9.98. The number of rotatable bonds is 11. The van der Waals surface area contributed by atoms with Crippen LogP contribution in [0.4, 0.5) is 5.69 Å². The molecule has 0 spiro atoms. The SMILES string of the molecule is CN=C(NCCCOCC1CC1)NCc1cccc(NC(=O)CC(C)C)c1. The highest BCUT2D eigenvalue weighted by Gasteiger charge is 2.20. The van der Waals surface area contributed by atoms with Crippen LogP contribution in [0.5, 0.6) is 0 Å². The number of carbonyl (C=O) groups is 1. The molecule has 1 saturated carbocycles. The zero-order chi connectivity index (χ0) is 19.5. The van der Waals surface area contributed by atoms with Gasteiger partial charge in [-0.1, -0.05) is 26.0 Å². The third-order valence-electron chi connectivity index (χ3n) is 4.30. The van der Waals surface area contributed by atoms with Crippen molar-refractivity contribution in [3.8, 4) is 0 Å². The molecule has 150 valence electrons. The number of nitrogens with zero attached hydrogens (tertiary/aromatic N) is 1. The largest absolute Gasteiger partial charge is 0.381 e. The summed E-state index contributed by atoms with van der Waals surface area (Å²) in [6, 6.07) is 7.89. The Hall–Kier alpha value is -2.08. The molecule has 3 N–H and O–H groups in total. The van der Waals surface area contributed by atoms with Crippen LogP contribution in [0.2, 0.25) is 0 Å². The second kappa shape index (κ2) is 11.6. The Balaban J connectivity index is 1.67. The van der Waals surface area contributed by atoms with Gasteiger partial charge in [0.05, 0.1) is 0 Å².